The maximum atomic E-state index is 12.8. The van der Waals surface area contributed by atoms with Crippen LogP contribution in [0.2, 0.25) is 0 Å². The van der Waals surface area contributed by atoms with Gasteiger partial charge in [0.15, 0.2) is 5.82 Å². The zero-order valence-corrected chi connectivity index (χ0v) is 17.9. The molecule has 1 aliphatic heterocycles. The Kier molecular flexibility index (Phi) is 5.18. The maximum Gasteiger partial charge on any atom is 0.274 e. The number of ether oxygens (including phenoxy) is 1. The highest BCUT2D eigenvalue weighted by Gasteiger charge is 2.30. The average molecular weight is 441 g/mol. The van der Waals surface area contributed by atoms with Gasteiger partial charge in [-0.2, -0.15) is 5.10 Å². The van der Waals surface area contributed by atoms with Gasteiger partial charge in [0, 0.05) is 30.9 Å². The molecule has 33 heavy (non-hydrogen) atoms. The lowest BCUT2D eigenvalue weighted by atomic mass is 9.99. The first-order valence-electron chi connectivity index (χ1n) is 10.7. The Hall–Kier alpha value is -4.33. The average Bonchev–Trinajstić information content (AvgIpc) is 3.48. The highest BCUT2D eigenvalue weighted by molar-refractivity contribution is 5.92. The number of amides is 1. The summed E-state index contributed by atoms with van der Waals surface area (Å²) < 4.78 is 7.77. The number of nitrogen functional groups attached to an aromatic ring is 1. The first kappa shape index (κ1) is 20.6. The van der Waals surface area contributed by atoms with E-state index >= 15 is 0 Å². The fourth-order valence-electron chi connectivity index (χ4n) is 4.39. The van der Waals surface area contributed by atoms with Gasteiger partial charge in [0.1, 0.15) is 17.0 Å². The third-order valence-corrected chi connectivity index (χ3v) is 5.99. The molecule has 1 unspecified atom stereocenters. The first-order chi connectivity index (χ1) is 16.0. The molecule has 0 bridgehead atoms. The molecule has 3 N–H and O–H groups in total. The lowest BCUT2D eigenvalue weighted by Gasteiger charge is -2.13. The van der Waals surface area contributed by atoms with Gasteiger partial charge in [-0.05, 0) is 54.5 Å². The van der Waals surface area contributed by atoms with Gasteiger partial charge in [0.25, 0.3) is 5.56 Å². The highest BCUT2D eigenvalue weighted by Crippen LogP contribution is 2.35. The number of carbonyl (C=O) groups is 1. The van der Waals surface area contributed by atoms with Crippen LogP contribution in [0.5, 0.6) is 11.5 Å². The smallest absolute Gasteiger partial charge is 0.274 e. The number of fused-ring (bicyclic) bond motifs is 1. The molecule has 0 aliphatic carbocycles. The molecule has 1 amide bonds. The van der Waals surface area contributed by atoms with E-state index in [1.165, 1.54) is 6.08 Å². The summed E-state index contributed by atoms with van der Waals surface area (Å²) >= 11 is 0. The van der Waals surface area contributed by atoms with Crippen molar-refractivity contribution < 1.29 is 9.53 Å². The molecule has 0 spiro atoms. The molecular formula is C25H23N5O3. The fourth-order valence-corrected chi connectivity index (χ4v) is 4.39. The highest BCUT2D eigenvalue weighted by atomic mass is 16.5. The summed E-state index contributed by atoms with van der Waals surface area (Å²) in [5, 5.41) is 6.98. The number of hydrogen-bond acceptors (Lipinski definition) is 5. The van der Waals surface area contributed by atoms with Gasteiger partial charge >= 0.3 is 0 Å². The Labute approximate surface area is 189 Å². The van der Waals surface area contributed by atoms with Crippen molar-refractivity contribution >= 4 is 22.6 Å². The van der Waals surface area contributed by atoms with Crippen molar-refractivity contribution in [2.75, 3.05) is 18.8 Å². The number of nitrogens with one attached hydrogen (secondary N) is 1. The molecule has 3 heterocycles. The van der Waals surface area contributed by atoms with Crippen molar-refractivity contribution in [1.29, 1.82) is 0 Å². The number of rotatable bonds is 5. The SMILES string of the molecule is C=CC(=O)N1CCC(c2cn(-c3ccc(Oc4ccccc4)cc3)c3c(N)n[nH]c(=O)c23)C1. The zero-order valence-electron chi connectivity index (χ0n) is 17.9. The second-order valence-corrected chi connectivity index (χ2v) is 8.00. The largest absolute Gasteiger partial charge is 0.457 e. The number of likely N-dealkylation sites (tertiary alicyclic amines) is 1. The van der Waals surface area contributed by atoms with E-state index in [0.29, 0.717) is 29.7 Å². The Morgan fingerprint density at radius 2 is 1.88 bits per heavy atom. The summed E-state index contributed by atoms with van der Waals surface area (Å²) in [5.74, 6) is 1.59. The number of nitrogens with zero attached hydrogens (tertiary/aromatic N) is 3. The topological polar surface area (TPSA) is 106 Å². The number of anilines is 1. The Balaban J connectivity index is 1.54. The second-order valence-electron chi connectivity index (χ2n) is 8.00. The van der Waals surface area contributed by atoms with Crippen molar-refractivity contribution in [2.45, 2.75) is 12.3 Å². The number of hydrogen-bond donors (Lipinski definition) is 2. The minimum atomic E-state index is -0.300. The predicted molar refractivity (Wildman–Crippen MR) is 127 cm³/mol. The molecule has 0 saturated carbocycles. The fraction of sp³-hybridized carbons (Fsp3) is 0.160. The first-order valence-corrected chi connectivity index (χ1v) is 10.7. The summed E-state index contributed by atoms with van der Waals surface area (Å²) in [6.45, 7) is 4.71. The standard InChI is InChI=1S/C25H23N5O3/c1-2-21(31)29-13-12-16(14-29)20-15-30(23-22(20)25(32)28-27-24(23)26)17-8-10-19(11-9-17)33-18-6-4-3-5-7-18/h2-11,15-16H,1,12-14H2,(H2,26,27)(H,28,32). The number of aromatic nitrogens is 3. The Morgan fingerprint density at radius 3 is 2.61 bits per heavy atom. The van der Waals surface area contributed by atoms with E-state index in [1.54, 1.807) is 4.90 Å². The van der Waals surface area contributed by atoms with Crippen LogP contribution in [0.1, 0.15) is 17.9 Å². The van der Waals surface area contributed by atoms with Crippen LogP contribution in [0, 0.1) is 0 Å². The molecule has 1 saturated heterocycles. The van der Waals surface area contributed by atoms with Crippen LogP contribution >= 0.6 is 0 Å². The van der Waals surface area contributed by atoms with Crippen LogP contribution < -0.4 is 16.0 Å². The van der Waals surface area contributed by atoms with E-state index in [-0.39, 0.29) is 23.2 Å². The van der Waals surface area contributed by atoms with Gasteiger partial charge < -0.3 is 19.9 Å². The van der Waals surface area contributed by atoms with Gasteiger partial charge in [-0.15, -0.1) is 0 Å². The molecule has 0 radical (unpaired) electrons. The van der Waals surface area contributed by atoms with Crippen LogP contribution in [-0.4, -0.2) is 38.7 Å². The summed E-state index contributed by atoms with van der Waals surface area (Å²) in [6.07, 6.45) is 4.00. The van der Waals surface area contributed by atoms with Crippen molar-refractivity contribution in [3.63, 3.8) is 0 Å². The molecule has 2 aromatic heterocycles. The van der Waals surface area contributed by atoms with Gasteiger partial charge in [-0.25, -0.2) is 5.10 Å². The summed E-state index contributed by atoms with van der Waals surface area (Å²) in [5.41, 5.74) is 8.13. The minimum Gasteiger partial charge on any atom is -0.457 e. The monoisotopic (exact) mass is 441 g/mol. The molecule has 8 nitrogen and oxygen atoms in total. The minimum absolute atomic E-state index is 0.0150. The molecule has 166 valence electrons. The zero-order chi connectivity index (χ0) is 22.9. The molecule has 4 aromatic rings. The van der Waals surface area contributed by atoms with Gasteiger partial charge in [-0.3, -0.25) is 9.59 Å². The van der Waals surface area contributed by atoms with E-state index in [2.05, 4.69) is 16.8 Å². The number of nitrogens with two attached hydrogens (primary N) is 1. The summed E-state index contributed by atoms with van der Waals surface area (Å²) in [7, 11) is 0. The van der Waals surface area contributed by atoms with Gasteiger partial charge in [0.05, 0.1) is 5.39 Å². The Morgan fingerprint density at radius 1 is 1.15 bits per heavy atom. The molecular weight excluding hydrogens is 418 g/mol. The lowest BCUT2D eigenvalue weighted by Crippen LogP contribution is -2.26. The van der Waals surface area contributed by atoms with Gasteiger partial charge in [0.2, 0.25) is 5.91 Å². The van der Waals surface area contributed by atoms with E-state index in [1.807, 2.05) is 65.4 Å². The van der Waals surface area contributed by atoms with E-state index < -0.39 is 0 Å². The van der Waals surface area contributed by atoms with Crippen molar-refractivity contribution in [2.24, 2.45) is 0 Å². The third kappa shape index (κ3) is 3.76. The molecule has 2 aromatic carbocycles. The molecule has 1 atom stereocenters. The number of benzene rings is 2. The van der Waals surface area contributed by atoms with Crippen LogP contribution in [0.15, 0.2) is 78.2 Å². The van der Waals surface area contributed by atoms with E-state index in [9.17, 15) is 9.59 Å². The van der Waals surface area contributed by atoms with Crippen LogP contribution in [0.25, 0.3) is 16.6 Å². The maximum absolute atomic E-state index is 12.8. The number of H-pyrrole nitrogens is 1. The summed E-state index contributed by atoms with van der Waals surface area (Å²) in [4.78, 5) is 26.6. The molecule has 1 fully saturated rings. The van der Waals surface area contributed by atoms with Crippen molar-refractivity contribution in [1.82, 2.24) is 19.7 Å². The number of aromatic amines is 1. The molecule has 1 aliphatic rings. The van der Waals surface area contributed by atoms with E-state index in [4.69, 9.17) is 10.5 Å². The summed E-state index contributed by atoms with van der Waals surface area (Å²) in [6, 6.07) is 17.1. The van der Waals surface area contributed by atoms with E-state index in [0.717, 1.165) is 23.4 Å². The number of para-hydroxylation sites is 1. The normalized spacial score (nSPS) is 15.6. The Bertz CT molecular complexity index is 1390. The van der Waals surface area contributed by atoms with Gasteiger partial charge in [-0.1, -0.05) is 24.8 Å². The van der Waals surface area contributed by atoms with Crippen LogP contribution in [-0.2, 0) is 4.79 Å². The molecule has 5 rings (SSSR count). The second kappa shape index (κ2) is 8.31. The third-order valence-electron chi connectivity index (χ3n) is 5.99. The van der Waals surface area contributed by atoms with Crippen molar-refractivity contribution in [3.8, 4) is 17.2 Å². The lowest BCUT2D eigenvalue weighted by molar-refractivity contribution is -0.125. The molecule has 8 heteroatoms. The van der Waals surface area contributed by atoms with Crippen molar-refractivity contribution in [3.05, 3.63) is 89.4 Å². The quantitative estimate of drug-likeness (QED) is 0.461. The number of carbonyl (C=O) groups excluding carboxylic acids is 1. The van der Waals surface area contributed by atoms with Crippen LogP contribution in [0.3, 0.4) is 0 Å². The van der Waals surface area contributed by atoms with Crippen LogP contribution in [0.4, 0.5) is 5.82 Å². The predicted octanol–water partition coefficient (Wildman–Crippen LogP) is 3.59.